The molecule has 3 fully saturated rings. The third-order valence-corrected chi connectivity index (χ3v) is 5.15. The number of piperazine rings is 1. The monoisotopic (exact) mass is 301 g/mol. The van der Waals surface area contributed by atoms with Crippen LogP contribution in [0.5, 0.6) is 0 Å². The fourth-order valence-corrected chi connectivity index (χ4v) is 3.81. The molecule has 116 valence electrons. The maximum absolute atomic E-state index is 12.6. The molecule has 1 aliphatic carbocycles. The van der Waals surface area contributed by atoms with Crippen molar-refractivity contribution < 1.29 is 4.79 Å². The molecule has 3 aliphatic rings. The van der Waals surface area contributed by atoms with Crippen LogP contribution < -0.4 is 5.32 Å². The van der Waals surface area contributed by atoms with Crippen LogP contribution in [0.1, 0.15) is 39.0 Å². The molecule has 1 saturated carbocycles. The number of amides is 1. The van der Waals surface area contributed by atoms with Gasteiger partial charge in [-0.25, -0.2) is 0 Å². The lowest BCUT2D eigenvalue weighted by molar-refractivity contribution is -0.136. The molecule has 0 spiro atoms. The zero-order valence-electron chi connectivity index (χ0n) is 12.6. The average Bonchev–Trinajstić information content (AvgIpc) is 3.06. The van der Waals surface area contributed by atoms with Gasteiger partial charge in [-0.15, -0.1) is 12.4 Å². The minimum atomic E-state index is 0. The molecule has 0 bridgehead atoms. The van der Waals surface area contributed by atoms with E-state index in [1.165, 1.54) is 6.42 Å². The first-order valence-corrected chi connectivity index (χ1v) is 7.99. The van der Waals surface area contributed by atoms with Gasteiger partial charge in [-0.1, -0.05) is 13.3 Å². The molecule has 0 radical (unpaired) electrons. The number of carbonyl (C=O) groups is 1. The quantitative estimate of drug-likeness (QED) is 0.855. The van der Waals surface area contributed by atoms with Gasteiger partial charge in [0.15, 0.2) is 0 Å². The highest BCUT2D eigenvalue weighted by molar-refractivity contribution is 5.85. The second kappa shape index (κ2) is 6.63. The minimum Gasteiger partial charge on any atom is -0.341 e. The van der Waals surface area contributed by atoms with Gasteiger partial charge in [0, 0.05) is 50.7 Å². The third kappa shape index (κ3) is 3.12. The van der Waals surface area contributed by atoms with Crippen LogP contribution in [-0.4, -0.2) is 61.0 Å². The first-order chi connectivity index (χ1) is 9.25. The van der Waals surface area contributed by atoms with Crippen LogP contribution in [0.25, 0.3) is 0 Å². The largest absolute Gasteiger partial charge is 0.341 e. The van der Waals surface area contributed by atoms with Crippen LogP contribution in [0.3, 0.4) is 0 Å². The molecule has 1 amide bonds. The van der Waals surface area contributed by atoms with E-state index in [0.29, 0.717) is 11.9 Å². The van der Waals surface area contributed by atoms with Crippen molar-refractivity contribution >= 4 is 18.3 Å². The van der Waals surface area contributed by atoms with Crippen LogP contribution in [0.2, 0.25) is 0 Å². The normalized spacial score (nSPS) is 29.1. The fraction of sp³-hybridized carbons (Fsp3) is 0.933. The molecule has 1 N–H and O–H groups in total. The van der Waals surface area contributed by atoms with E-state index in [4.69, 9.17) is 0 Å². The van der Waals surface area contributed by atoms with Gasteiger partial charge in [-0.05, 0) is 25.7 Å². The highest BCUT2D eigenvalue weighted by Crippen LogP contribution is 2.51. The van der Waals surface area contributed by atoms with Crippen LogP contribution in [0.15, 0.2) is 0 Å². The third-order valence-electron chi connectivity index (χ3n) is 5.15. The van der Waals surface area contributed by atoms with Crippen molar-refractivity contribution in [3.8, 4) is 0 Å². The Labute approximate surface area is 128 Å². The fourth-order valence-electron chi connectivity index (χ4n) is 3.81. The molecule has 2 heterocycles. The molecule has 4 nitrogen and oxygen atoms in total. The van der Waals surface area contributed by atoms with Crippen molar-refractivity contribution in [2.45, 2.75) is 45.1 Å². The molecule has 0 aromatic heterocycles. The lowest BCUT2D eigenvalue weighted by Gasteiger charge is -2.33. The highest BCUT2D eigenvalue weighted by atomic mass is 35.5. The van der Waals surface area contributed by atoms with E-state index in [1.807, 2.05) is 0 Å². The summed E-state index contributed by atoms with van der Waals surface area (Å²) in [4.78, 5) is 17.4. The summed E-state index contributed by atoms with van der Waals surface area (Å²) < 4.78 is 0. The van der Waals surface area contributed by atoms with Crippen molar-refractivity contribution in [2.75, 3.05) is 39.3 Å². The average molecular weight is 302 g/mol. The van der Waals surface area contributed by atoms with Gasteiger partial charge in [0.25, 0.3) is 0 Å². The summed E-state index contributed by atoms with van der Waals surface area (Å²) in [7, 11) is 0. The van der Waals surface area contributed by atoms with E-state index < -0.39 is 0 Å². The number of rotatable bonds is 4. The Hall–Kier alpha value is -0.320. The van der Waals surface area contributed by atoms with Gasteiger partial charge in [0.1, 0.15) is 0 Å². The number of hydrogen-bond donors (Lipinski definition) is 1. The van der Waals surface area contributed by atoms with Crippen molar-refractivity contribution in [3.05, 3.63) is 0 Å². The Morgan fingerprint density at radius 3 is 2.55 bits per heavy atom. The molecule has 0 aromatic rings. The van der Waals surface area contributed by atoms with E-state index in [1.54, 1.807) is 0 Å². The molecule has 20 heavy (non-hydrogen) atoms. The number of likely N-dealkylation sites (tertiary alicyclic amines) is 1. The topological polar surface area (TPSA) is 35.6 Å². The molecule has 1 unspecified atom stereocenters. The summed E-state index contributed by atoms with van der Waals surface area (Å²) in [5, 5.41) is 3.40. The van der Waals surface area contributed by atoms with Gasteiger partial charge in [-0.2, -0.15) is 0 Å². The molecular weight excluding hydrogens is 274 g/mol. The number of carbonyl (C=O) groups excluding carboxylic acids is 1. The predicted molar refractivity (Wildman–Crippen MR) is 83.3 cm³/mol. The lowest BCUT2D eigenvalue weighted by Crippen LogP contribution is -2.49. The Kier molecular flexibility index (Phi) is 5.32. The standard InChI is InChI=1S/C15H27N3O.ClH/c1-2-4-15(5-6-15)14(19)18-9-3-13(12-18)17-10-7-16-8-11-17;/h13,16H,2-12H2,1H3;1H. The Bertz CT molecular complexity index is 340. The molecule has 1 atom stereocenters. The second-order valence-electron chi connectivity index (χ2n) is 6.51. The minimum absolute atomic E-state index is 0. The molecule has 2 aliphatic heterocycles. The van der Waals surface area contributed by atoms with Gasteiger partial charge in [0.2, 0.25) is 5.91 Å². The number of nitrogens with zero attached hydrogens (tertiary/aromatic N) is 2. The number of nitrogens with one attached hydrogen (secondary N) is 1. The smallest absolute Gasteiger partial charge is 0.228 e. The van der Waals surface area contributed by atoms with Gasteiger partial charge < -0.3 is 10.2 Å². The maximum atomic E-state index is 12.6. The highest BCUT2D eigenvalue weighted by Gasteiger charge is 2.51. The Balaban J connectivity index is 0.00000147. The molecule has 3 rings (SSSR count). The van der Waals surface area contributed by atoms with Gasteiger partial charge >= 0.3 is 0 Å². The Morgan fingerprint density at radius 1 is 1.25 bits per heavy atom. The molecular formula is C15H28ClN3O. The predicted octanol–water partition coefficient (Wildman–Crippen LogP) is 1.49. The molecule has 2 saturated heterocycles. The van der Waals surface area contributed by atoms with E-state index in [2.05, 4.69) is 22.0 Å². The van der Waals surface area contributed by atoms with Crippen LogP contribution in [-0.2, 0) is 4.79 Å². The summed E-state index contributed by atoms with van der Waals surface area (Å²) in [6, 6.07) is 0.614. The van der Waals surface area contributed by atoms with E-state index in [0.717, 1.165) is 65.0 Å². The number of halogens is 1. The van der Waals surface area contributed by atoms with Gasteiger partial charge in [-0.3, -0.25) is 9.69 Å². The summed E-state index contributed by atoms with van der Waals surface area (Å²) >= 11 is 0. The van der Waals surface area contributed by atoms with Crippen molar-refractivity contribution in [2.24, 2.45) is 5.41 Å². The van der Waals surface area contributed by atoms with Crippen molar-refractivity contribution in [3.63, 3.8) is 0 Å². The van der Waals surface area contributed by atoms with Gasteiger partial charge in [0.05, 0.1) is 0 Å². The van der Waals surface area contributed by atoms with E-state index >= 15 is 0 Å². The zero-order chi connectivity index (χ0) is 13.3. The summed E-state index contributed by atoms with van der Waals surface area (Å²) in [5.41, 5.74) is 0.0626. The second-order valence-corrected chi connectivity index (χ2v) is 6.51. The van der Waals surface area contributed by atoms with Crippen molar-refractivity contribution in [1.29, 1.82) is 0 Å². The summed E-state index contributed by atoms with van der Waals surface area (Å²) in [6.07, 6.45) is 5.68. The van der Waals surface area contributed by atoms with Crippen LogP contribution in [0, 0.1) is 5.41 Å². The SMILES string of the molecule is CCCC1(C(=O)N2CCC(N3CCNCC3)C2)CC1.Cl. The van der Waals surface area contributed by atoms with Crippen LogP contribution >= 0.6 is 12.4 Å². The van der Waals surface area contributed by atoms with E-state index in [-0.39, 0.29) is 17.8 Å². The first kappa shape index (κ1) is 16.1. The summed E-state index contributed by atoms with van der Waals surface area (Å²) in [5.74, 6) is 0.465. The Morgan fingerprint density at radius 2 is 1.95 bits per heavy atom. The molecule has 5 heteroatoms. The summed E-state index contributed by atoms with van der Waals surface area (Å²) in [6.45, 7) is 8.65. The maximum Gasteiger partial charge on any atom is 0.228 e. The molecule has 0 aromatic carbocycles. The van der Waals surface area contributed by atoms with Crippen molar-refractivity contribution in [1.82, 2.24) is 15.1 Å². The first-order valence-electron chi connectivity index (χ1n) is 7.99. The lowest BCUT2D eigenvalue weighted by atomic mass is 9.99. The van der Waals surface area contributed by atoms with Crippen LogP contribution in [0.4, 0.5) is 0 Å². The zero-order valence-corrected chi connectivity index (χ0v) is 13.4. The van der Waals surface area contributed by atoms with E-state index in [9.17, 15) is 4.79 Å². The number of hydrogen-bond acceptors (Lipinski definition) is 3.